The molecule has 0 aliphatic carbocycles. The van der Waals surface area contributed by atoms with E-state index < -0.39 is 22.0 Å². The predicted molar refractivity (Wildman–Crippen MR) is 71.6 cm³/mol. The first-order valence-electron chi connectivity index (χ1n) is 6.19. The molecule has 1 rings (SSSR count). The first-order valence-corrected chi connectivity index (χ1v) is 7.67. The second-order valence-corrected chi connectivity index (χ2v) is 6.19. The van der Waals surface area contributed by atoms with Gasteiger partial charge in [-0.05, 0) is 30.2 Å². The van der Waals surface area contributed by atoms with Crippen molar-refractivity contribution in [2.24, 2.45) is 5.92 Å². The molecule has 1 aromatic rings. The number of hydrogen-bond donors (Lipinski definition) is 1. The maximum Gasteiger partial charge on any atom is 0.241 e. The van der Waals surface area contributed by atoms with Gasteiger partial charge in [-0.25, -0.2) is 13.1 Å². The fourth-order valence-corrected chi connectivity index (χ4v) is 2.92. The minimum atomic E-state index is -3.91. The lowest BCUT2D eigenvalue weighted by atomic mass is 10.0. The van der Waals surface area contributed by atoms with Gasteiger partial charge in [0.15, 0.2) is 0 Å². The first-order chi connectivity index (χ1) is 9.31. The standard InChI is InChI=1S/C13H19NO5S/c1-4-9(2)12(13(15)16)14-20(17,18)11-7-5-10(19-3)6-8-11/h5-9,12,14H,4H2,1-3H3,(H,15,16)/p-1/t9-,12-/m0/s1. The summed E-state index contributed by atoms with van der Waals surface area (Å²) in [5.41, 5.74) is 0. The minimum Gasteiger partial charge on any atom is -0.548 e. The van der Waals surface area contributed by atoms with Crippen LogP contribution >= 0.6 is 0 Å². The van der Waals surface area contributed by atoms with Crippen molar-refractivity contribution < 1.29 is 23.1 Å². The fourth-order valence-electron chi connectivity index (χ4n) is 1.62. The van der Waals surface area contributed by atoms with E-state index in [-0.39, 0.29) is 10.8 Å². The van der Waals surface area contributed by atoms with E-state index in [0.29, 0.717) is 12.2 Å². The van der Waals surface area contributed by atoms with Crippen molar-refractivity contribution >= 4 is 16.0 Å². The zero-order chi connectivity index (χ0) is 15.3. The number of aliphatic carboxylic acids is 1. The molecule has 0 aromatic heterocycles. The summed E-state index contributed by atoms with van der Waals surface area (Å²) in [4.78, 5) is 11.0. The third-order valence-electron chi connectivity index (χ3n) is 3.12. The summed E-state index contributed by atoms with van der Waals surface area (Å²) in [7, 11) is -2.44. The highest BCUT2D eigenvalue weighted by Crippen LogP contribution is 2.17. The van der Waals surface area contributed by atoms with E-state index in [1.165, 1.54) is 31.4 Å². The Labute approximate surface area is 118 Å². The monoisotopic (exact) mass is 300 g/mol. The molecule has 6 nitrogen and oxygen atoms in total. The van der Waals surface area contributed by atoms with Crippen LogP contribution in [0.2, 0.25) is 0 Å². The Kier molecular flexibility index (Phi) is 5.52. The van der Waals surface area contributed by atoms with E-state index in [1.54, 1.807) is 13.8 Å². The molecular weight excluding hydrogens is 282 g/mol. The molecule has 0 aliphatic heterocycles. The lowest BCUT2D eigenvalue weighted by Gasteiger charge is -2.24. The number of carboxylic acid groups (broad SMARTS) is 1. The first kappa shape index (κ1) is 16.5. The largest absolute Gasteiger partial charge is 0.548 e. The van der Waals surface area contributed by atoms with Crippen molar-refractivity contribution in [2.75, 3.05) is 7.11 Å². The number of benzene rings is 1. The quantitative estimate of drug-likeness (QED) is 0.772. The summed E-state index contributed by atoms with van der Waals surface area (Å²) in [5.74, 6) is -1.29. The summed E-state index contributed by atoms with van der Waals surface area (Å²) in [5, 5.41) is 11.1. The molecule has 0 fully saturated rings. The van der Waals surface area contributed by atoms with E-state index in [2.05, 4.69) is 4.72 Å². The summed E-state index contributed by atoms with van der Waals surface area (Å²) >= 11 is 0. The molecule has 7 heteroatoms. The van der Waals surface area contributed by atoms with Gasteiger partial charge in [-0.1, -0.05) is 20.3 Å². The molecule has 1 aromatic carbocycles. The highest BCUT2D eigenvalue weighted by Gasteiger charge is 2.24. The van der Waals surface area contributed by atoms with Crippen molar-refractivity contribution in [1.29, 1.82) is 0 Å². The second-order valence-electron chi connectivity index (χ2n) is 4.48. The van der Waals surface area contributed by atoms with Gasteiger partial charge in [0.05, 0.1) is 24.0 Å². The van der Waals surface area contributed by atoms with Gasteiger partial charge in [0.1, 0.15) is 5.75 Å². The highest BCUT2D eigenvalue weighted by atomic mass is 32.2. The van der Waals surface area contributed by atoms with E-state index >= 15 is 0 Å². The summed E-state index contributed by atoms with van der Waals surface area (Å²) < 4.78 is 31.4. The molecule has 0 unspecified atom stereocenters. The van der Waals surface area contributed by atoms with E-state index in [0.717, 1.165) is 0 Å². The van der Waals surface area contributed by atoms with Crippen LogP contribution in [-0.4, -0.2) is 27.5 Å². The smallest absolute Gasteiger partial charge is 0.241 e. The van der Waals surface area contributed by atoms with E-state index in [4.69, 9.17) is 4.74 Å². The Morgan fingerprint density at radius 1 is 1.35 bits per heavy atom. The number of nitrogens with one attached hydrogen (secondary N) is 1. The van der Waals surface area contributed by atoms with Crippen LogP contribution in [0.25, 0.3) is 0 Å². The number of sulfonamides is 1. The van der Waals surface area contributed by atoms with Gasteiger partial charge in [0, 0.05) is 0 Å². The molecule has 0 saturated carbocycles. The van der Waals surface area contributed by atoms with Crippen LogP contribution in [0.3, 0.4) is 0 Å². The number of hydrogen-bond acceptors (Lipinski definition) is 5. The number of carbonyl (C=O) groups is 1. The Morgan fingerprint density at radius 3 is 2.30 bits per heavy atom. The summed E-state index contributed by atoms with van der Waals surface area (Å²) in [6.07, 6.45) is 0.518. The molecule has 0 aliphatic rings. The molecule has 20 heavy (non-hydrogen) atoms. The highest BCUT2D eigenvalue weighted by molar-refractivity contribution is 7.89. The van der Waals surface area contributed by atoms with Crippen LogP contribution in [0.15, 0.2) is 29.2 Å². The second kappa shape index (κ2) is 6.71. The Balaban J connectivity index is 3.00. The number of methoxy groups -OCH3 is 1. The van der Waals surface area contributed by atoms with Crippen molar-refractivity contribution in [2.45, 2.75) is 31.2 Å². The SMILES string of the molecule is CC[C@H](C)[C@H](NS(=O)(=O)c1ccc(OC)cc1)C(=O)[O-]. The van der Waals surface area contributed by atoms with Gasteiger partial charge in [0.2, 0.25) is 10.0 Å². The van der Waals surface area contributed by atoms with Crippen molar-refractivity contribution in [3.8, 4) is 5.75 Å². The third-order valence-corrected chi connectivity index (χ3v) is 4.58. The van der Waals surface area contributed by atoms with Crippen LogP contribution in [0.1, 0.15) is 20.3 Å². The van der Waals surface area contributed by atoms with Crippen LogP contribution in [0.5, 0.6) is 5.75 Å². The van der Waals surface area contributed by atoms with Gasteiger partial charge in [-0.3, -0.25) is 0 Å². The Bertz CT molecular complexity index is 553. The van der Waals surface area contributed by atoms with Gasteiger partial charge in [0.25, 0.3) is 0 Å². The normalized spacial score (nSPS) is 14.6. The van der Waals surface area contributed by atoms with Gasteiger partial charge < -0.3 is 14.6 Å². The maximum absolute atomic E-state index is 12.1. The maximum atomic E-state index is 12.1. The number of carboxylic acids is 1. The molecule has 1 N–H and O–H groups in total. The Morgan fingerprint density at radius 2 is 1.90 bits per heavy atom. The van der Waals surface area contributed by atoms with E-state index in [9.17, 15) is 18.3 Å². The van der Waals surface area contributed by atoms with Crippen molar-refractivity contribution in [3.63, 3.8) is 0 Å². The molecule has 2 atom stereocenters. The number of carbonyl (C=O) groups excluding carboxylic acids is 1. The molecule has 112 valence electrons. The van der Waals surface area contributed by atoms with Crippen LogP contribution in [0, 0.1) is 5.92 Å². The molecular formula is C13H18NO5S-. The molecule has 0 radical (unpaired) electrons. The van der Waals surface area contributed by atoms with Gasteiger partial charge in [-0.2, -0.15) is 0 Å². The van der Waals surface area contributed by atoms with Crippen LogP contribution < -0.4 is 14.6 Å². The average Bonchev–Trinajstić information content (AvgIpc) is 2.43. The molecule has 0 heterocycles. The molecule has 0 bridgehead atoms. The molecule has 0 amide bonds. The zero-order valence-corrected chi connectivity index (χ0v) is 12.4. The number of rotatable bonds is 7. The fraction of sp³-hybridized carbons (Fsp3) is 0.462. The minimum absolute atomic E-state index is 0.0205. The number of ether oxygens (including phenoxy) is 1. The topological polar surface area (TPSA) is 95.5 Å². The van der Waals surface area contributed by atoms with Crippen molar-refractivity contribution in [1.82, 2.24) is 4.72 Å². The van der Waals surface area contributed by atoms with Crippen LogP contribution in [-0.2, 0) is 14.8 Å². The lowest BCUT2D eigenvalue weighted by molar-refractivity contribution is -0.309. The third kappa shape index (κ3) is 3.94. The van der Waals surface area contributed by atoms with Crippen molar-refractivity contribution in [3.05, 3.63) is 24.3 Å². The van der Waals surface area contributed by atoms with Crippen LogP contribution in [0.4, 0.5) is 0 Å². The van der Waals surface area contributed by atoms with E-state index in [1.807, 2.05) is 0 Å². The molecule has 0 spiro atoms. The zero-order valence-electron chi connectivity index (χ0n) is 11.6. The lowest BCUT2D eigenvalue weighted by Crippen LogP contribution is -2.51. The van der Waals surface area contributed by atoms with Gasteiger partial charge >= 0.3 is 0 Å². The average molecular weight is 300 g/mol. The molecule has 0 saturated heterocycles. The van der Waals surface area contributed by atoms with Gasteiger partial charge in [-0.15, -0.1) is 0 Å². The summed E-state index contributed by atoms with van der Waals surface area (Å²) in [6, 6.07) is 4.43. The predicted octanol–water partition coefficient (Wildman–Crippen LogP) is 0.138. The summed E-state index contributed by atoms with van der Waals surface area (Å²) in [6.45, 7) is 3.43. The Hall–Kier alpha value is -1.60.